The van der Waals surface area contributed by atoms with E-state index in [1.165, 1.54) is 0 Å². The van der Waals surface area contributed by atoms with Gasteiger partial charge in [0.2, 0.25) is 0 Å². The van der Waals surface area contributed by atoms with E-state index < -0.39 is 5.97 Å². The zero-order chi connectivity index (χ0) is 15.2. The molecule has 2 rings (SSSR count). The number of carbonyl (C=O) groups is 2. The Labute approximate surface area is 122 Å². The first-order chi connectivity index (χ1) is 10.1. The molecule has 21 heavy (non-hydrogen) atoms. The number of Topliss-reactive ketones (excluding diaryl/α,β-unsaturated/α-hetero) is 1. The standard InChI is InChI=1S/C17H14O4/c1-12(17(19)20)11-16(18)13-7-9-15(10-8-13)21-14-5-3-2-4-6-14/h2-10H,1,11H2,(H,19,20). The van der Waals surface area contributed by atoms with Gasteiger partial charge in [0, 0.05) is 17.6 Å². The van der Waals surface area contributed by atoms with Crippen LogP contribution in [0.4, 0.5) is 0 Å². The van der Waals surface area contributed by atoms with Crippen molar-refractivity contribution in [2.75, 3.05) is 0 Å². The molecule has 0 fully saturated rings. The molecule has 0 aliphatic rings. The fraction of sp³-hybridized carbons (Fsp3) is 0.0588. The molecule has 0 atom stereocenters. The average Bonchev–Trinajstić information content (AvgIpc) is 2.48. The minimum Gasteiger partial charge on any atom is -0.478 e. The Kier molecular flexibility index (Phi) is 4.51. The summed E-state index contributed by atoms with van der Waals surface area (Å²) in [7, 11) is 0. The van der Waals surface area contributed by atoms with Crippen LogP contribution < -0.4 is 4.74 Å². The number of carbonyl (C=O) groups excluding carboxylic acids is 1. The molecule has 1 N–H and O–H groups in total. The lowest BCUT2D eigenvalue weighted by Crippen LogP contribution is -2.06. The van der Waals surface area contributed by atoms with Crippen molar-refractivity contribution in [1.82, 2.24) is 0 Å². The average molecular weight is 282 g/mol. The molecule has 0 saturated carbocycles. The number of hydrogen-bond donors (Lipinski definition) is 1. The Balaban J connectivity index is 2.03. The van der Waals surface area contributed by atoms with Crippen LogP contribution >= 0.6 is 0 Å². The molecule has 2 aromatic carbocycles. The number of carboxylic acid groups (broad SMARTS) is 1. The number of ketones is 1. The van der Waals surface area contributed by atoms with Gasteiger partial charge < -0.3 is 9.84 Å². The predicted molar refractivity (Wildman–Crippen MR) is 78.7 cm³/mol. The van der Waals surface area contributed by atoms with Gasteiger partial charge >= 0.3 is 5.97 Å². The van der Waals surface area contributed by atoms with Crippen LogP contribution in [0.1, 0.15) is 16.8 Å². The van der Waals surface area contributed by atoms with Gasteiger partial charge in [-0.25, -0.2) is 4.79 Å². The van der Waals surface area contributed by atoms with Crippen molar-refractivity contribution in [2.45, 2.75) is 6.42 Å². The van der Waals surface area contributed by atoms with Crippen LogP contribution in [-0.2, 0) is 4.79 Å². The van der Waals surface area contributed by atoms with E-state index in [0.717, 1.165) is 0 Å². The third-order valence-corrected chi connectivity index (χ3v) is 2.83. The second-order valence-corrected chi connectivity index (χ2v) is 4.45. The third kappa shape index (κ3) is 4.04. The largest absolute Gasteiger partial charge is 0.478 e. The molecule has 0 bridgehead atoms. The van der Waals surface area contributed by atoms with Crippen molar-refractivity contribution in [3.05, 3.63) is 72.3 Å². The number of rotatable bonds is 6. The molecule has 2 aromatic rings. The number of hydrogen-bond acceptors (Lipinski definition) is 3. The van der Waals surface area contributed by atoms with Crippen molar-refractivity contribution in [3.63, 3.8) is 0 Å². The summed E-state index contributed by atoms with van der Waals surface area (Å²) in [5.74, 6) is -0.133. The van der Waals surface area contributed by atoms with E-state index in [1.54, 1.807) is 24.3 Å². The maximum atomic E-state index is 11.9. The highest BCUT2D eigenvalue weighted by atomic mass is 16.5. The van der Waals surface area contributed by atoms with Gasteiger partial charge in [-0.15, -0.1) is 0 Å². The minimum absolute atomic E-state index is 0.121. The first-order valence-electron chi connectivity index (χ1n) is 6.33. The highest BCUT2D eigenvalue weighted by Gasteiger charge is 2.12. The quantitative estimate of drug-likeness (QED) is 0.648. The lowest BCUT2D eigenvalue weighted by atomic mass is 10.0. The lowest BCUT2D eigenvalue weighted by Gasteiger charge is -2.06. The van der Waals surface area contributed by atoms with Crippen LogP contribution in [0.15, 0.2) is 66.7 Å². The number of ether oxygens (including phenoxy) is 1. The van der Waals surface area contributed by atoms with Crippen LogP contribution in [0, 0.1) is 0 Å². The van der Waals surface area contributed by atoms with Crippen LogP contribution in [0.2, 0.25) is 0 Å². The molecule has 0 aliphatic heterocycles. The number of aliphatic carboxylic acids is 1. The van der Waals surface area contributed by atoms with Crippen molar-refractivity contribution in [3.8, 4) is 11.5 Å². The number of benzene rings is 2. The minimum atomic E-state index is -1.16. The molecule has 4 heteroatoms. The summed E-state index contributed by atoms with van der Waals surface area (Å²) in [5, 5.41) is 8.71. The van der Waals surface area contributed by atoms with E-state index >= 15 is 0 Å². The monoisotopic (exact) mass is 282 g/mol. The molecule has 0 radical (unpaired) electrons. The fourth-order valence-electron chi connectivity index (χ4n) is 1.70. The molecular formula is C17H14O4. The van der Waals surface area contributed by atoms with E-state index in [9.17, 15) is 9.59 Å². The summed E-state index contributed by atoms with van der Waals surface area (Å²) in [6.45, 7) is 3.35. The molecule has 106 valence electrons. The Morgan fingerprint density at radius 1 is 0.952 bits per heavy atom. The Morgan fingerprint density at radius 2 is 1.52 bits per heavy atom. The van der Waals surface area contributed by atoms with E-state index in [1.807, 2.05) is 30.3 Å². The van der Waals surface area contributed by atoms with E-state index in [0.29, 0.717) is 17.1 Å². The number of para-hydroxylation sites is 1. The van der Waals surface area contributed by atoms with Crippen LogP contribution in [0.25, 0.3) is 0 Å². The van der Waals surface area contributed by atoms with Crippen molar-refractivity contribution >= 4 is 11.8 Å². The summed E-state index contributed by atoms with van der Waals surface area (Å²) in [4.78, 5) is 22.5. The summed E-state index contributed by atoms with van der Waals surface area (Å²) in [6, 6.07) is 15.8. The highest BCUT2D eigenvalue weighted by Crippen LogP contribution is 2.21. The third-order valence-electron chi connectivity index (χ3n) is 2.83. The van der Waals surface area contributed by atoms with Crippen LogP contribution in [-0.4, -0.2) is 16.9 Å². The highest BCUT2D eigenvalue weighted by molar-refractivity contribution is 6.02. The summed E-state index contributed by atoms with van der Waals surface area (Å²) in [5.41, 5.74) is 0.308. The van der Waals surface area contributed by atoms with Gasteiger partial charge in [-0.1, -0.05) is 24.8 Å². The summed E-state index contributed by atoms with van der Waals surface area (Å²) in [6.07, 6.45) is -0.200. The smallest absolute Gasteiger partial charge is 0.331 e. The SMILES string of the molecule is C=C(CC(=O)c1ccc(Oc2ccccc2)cc1)C(=O)O. The predicted octanol–water partition coefficient (Wildman–Crippen LogP) is 3.69. The van der Waals surface area contributed by atoms with Gasteiger partial charge in [0.1, 0.15) is 11.5 Å². The molecule has 0 saturated heterocycles. The second-order valence-electron chi connectivity index (χ2n) is 4.45. The van der Waals surface area contributed by atoms with E-state index in [2.05, 4.69) is 6.58 Å². The molecule has 0 aliphatic carbocycles. The molecule has 0 heterocycles. The second kappa shape index (κ2) is 6.52. The molecular weight excluding hydrogens is 268 g/mol. The summed E-state index contributed by atoms with van der Waals surface area (Å²) >= 11 is 0. The summed E-state index contributed by atoms with van der Waals surface area (Å²) < 4.78 is 5.61. The molecule has 0 unspecified atom stereocenters. The Bertz CT molecular complexity index is 657. The molecule has 0 spiro atoms. The van der Waals surface area contributed by atoms with Gasteiger partial charge in [-0.2, -0.15) is 0 Å². The first-order valence-corrected chi connectivity index (χ1v) is 6.33. The molecule has 4 nitrogen and oxygen atoms in total. The first kappa shape index (κ1) is 14.5. The zero-order valence-corrected chi connectivity index (χ0v) is 11.3. The van der Waals surface area contributed by atoms with Crippen molar-refractivity contribution in [2.24, 2.45) is 0 Å². The van der Waals surface area contributed by atoms with E-state index in [4.69, 9.17) is 9.84 Å². The number of carboxylic acids is 1. The van der Waals surface area contributed by atoms with E-state index in [-0.39, 0.29) is 17.8 Å². The van der Waals surface area contributed by atoms with Crippen LogP contribution in [0.3, 0.4) is 0 Å². The van der Waals surface area contributed by atoms with Gasteiger partial charge in [-0.05, 0) is 36.4 Å². The maximum absolute atomic E-state index is 11.9. The topological polar surface area (TPSA) is 63.6 Å². The van der Waals surface area contributed by atoms with Gasteiger partial charge in [0.25, 0.3) is 0 Å². The fourth-order valence-corrected chi connectivity index (χ4v) is 1.70. The maximum Gasteiger partial charge on any atom is 0.331 e. The van der Waals surface area contributed by atoms with Gasteiger partial charge in [0.05, 0.1) is 0 Å². The van der Waals surface area contributed by atoms with Crippen molar-refractivity contribution < 1.29 is 19.4 Å². The lowest BCUT2D eigenvalue weighted by molar-refractivity contribution is -0.132. The van der Waals surface area contributed by atoms with Gasteiger partial charge in [0.15, 0.2) is 5.78 Å². The Morgan fingerprint density at radius 3 is 2.10 bits per heavy atom. The zero-order valence-electron chi connectivity index (χ0n) is 11.3. The van der Waals surface area contributed by atoms with Gasteiger partial charge in [-0.3, -0.25) is 4.79 Å². The normalized spacial score (nSPS) is 9.90. The van der Waals surface area contributed by atoms with Crippen molar-refractivity contribution in [1.29, 1.82) is 0 Å². The van der Waals surface area contributed by atoms with Crippen LogP contribution in [0.5, 0.6) is 11.5 Å². The molecule has 0 amide bonds. The molecule has 0 aromatic heterocycles. The Hall–Kier alpha value is -2.88.